The largest absolute Gasteiger partial charge is 0.454 e. The number of fused-ring (bicyclic) bond motifs is 1. The monoisotopic (exact) mass is 429 g/mol. The predicted molar refractivity (Wildman–Crippen MR) is 113 cm³/mol. The minimum absolute atomic E-state index is 0.158. The zero-order valence-electron chi connectivity index (χ0n) is 15.7. The number of halogens is 2. The Morgan fingerprint density at radius 2 is 1.90 bits per heavy atom. The Hall–Kier alpha value is -2.96. The molecule has 2 heterocycles. The highest BCUT2D eigenvalue weighted by atomic mass is 35.5. The quantitative estimate of drug-likeness (QED) is 0.473. The van der Waals surface area contributed by atoms with Gasteiger partial charge in [0.25, 0.3) is 5.91 Å². The Morgan fingerprint density at radius 1 is 1.10 bits per heavy atom. The lowest BCUT2D eigenvalue weighted by Crippen LogP contribution is -2.17. The third kappa shape index (κ3) is 3.81. The molecule has 4 rings (SSSR count). The van der Waals surface area contributed by atoms with Crippen LogP contribution in [0.3, 0.4) is 0 Å². The molecule has 0 spiro atoms. The number of aryl methyl sites for hydroxylation is 1. The third-order valence-corrected chi connectivity index (χ3v) is 5.18. The molecule has 1 aromatic heterocycles. The Balaban J connectivity index is 1.53. The second-order valence-corrected chi connectivity index (χ2v) is 7.37. The van der Waals surface area contributed by atoms with Crippen molar-refractivity contribution in [3.8, 4) is 17.2 Å². The molecule has 148 valence electrons. The highest BCUT2D eigenvalue weighted by Gasteiger charge is 2.16. The predicted octanol–water partition coefficient (Wildman–Crippen LogP) is 4.89. The summed E-state index contributed by atoms with van der Waals surface area (Å²) in [6.45, 7) is 4.07. The van der Waals surface area contributed by atoms with Crippen LogP contribution in [0.5, 0.6) is 11.5 Å². The zero-order valence-corrected chi connectivity index (χ0v) is 17.2. The maximum absolute atomic E-state index is 12.3. The van der Waals surface area contributed by atoms with Crippen molar-refractivity contribution in [3.05, 3.63) is 75.0 Å². The number of nitrogens with one attached hydrogen (secondary N) is 1. The SMILES string of the molecule is Cc1cc(/C=N\NC(=O)c2ccc3c(c2)OCO3)c(C)n1-c1cc(Cl)ccc1Cl. The van der Waals surface area contributed by atoms with Crippen molar-refractivity contribution in [2.45, 2.75) is 13.8 Å². The molecule has 1 amide bonds. The molecule has 1 N–H and O–H groups in total. The fraction of sp³-hybridized carbons (Fsp3) is 0.143. The van der Waals surface area contributed by atoms with Gasteiger partial charge in [-0.3, -0.25) is 4.79 Å². The number of nitrogens with zero attached hydrogens (tertiary/aromatic N) is 2. The molecule has 29 heavy (non-hydrogen) atoms. The number of ether oxygens (including phenoxy) is 2. The summed E-state index contributed by atoms with van der Waals surface area (Å²) in [6, 6.07) is 12.3. The standard InChI is InChI=1S/C21H17Cl2N3O3/c1-12-7-15(13(2)26(12)18-9-16(22)4-5-17(18)23)10-24-25-21(27)14-3-6-19-20(8-14)29-11-28-19/h3-10H,11H2,1-2H3,(H,25,27)/b24-10-. The highest BCUT2D eigenvalue weighted by molar-refractivity contribution is 6.34. The number of hydrogen-bond acceptors (Lipinski definition) is 4. The van der Waals surface area contributed by atoms with Crippen LogP contribution in [0.4, 0.5) is 0 Å². The molecule has 0 atom stereocenters. The molecule has 0 unspecified atom stereocenters. The first kappa shape index (κ1) is 19.4. The maximum Gasteiger partial charge on any atom is 0.271 e. The molecule has 0 saturated carbocycles. The summed E-state index contributed by atoms with van der Waals surface area (Å²) in [4.78, 5) is 12.3. The van der Waals surface area contributed by atoms with Gasteiger partial charge in [-0.1, -0.05) is 23.2 Å². The van der Waals surface area contributed by atoms with Crippen LogP contribution in [0.2, 0.25) is 10.0 Å². The second-order valence-electron chi connectivity index (χ2n) is 6.52. The van der Waals surface area contributed by atoms with E-state index in [9.17, 15) is 4.79 Å². The summed E-state index contributed by atoms with van der Waals surface area (Å²) >= 11 is 12.5. The lowest BCUT2D eigenvalue weighted by molar-refractivity contribution is 0.0954. The fourth-order valence-corrected chi connectivity index (χ4v) is 3.58. The Bertz CT molecular complexity index is 1140. The molecule has 3 aromatic rings. The van der Waals surface area contributed by atoms with Gasteiger partial charge in [0.1, 0.15) is 0 Å². The van der Waals surface area contributed by atoms with Gasteiger partial charge >= 0.3 is 0 Å². The topological polar surface area (TPSA) is 64.8 Å². The minimum atomic E-state index is -0.341. The number of hydrazone groups is 1. The van der Waals surface area contributed by atoms with E-state index in [0.29, 0.717) is 27.1 Å². The first-order valence-electron chi connectivity index (χ1n) is 8.81. The number of carbonyl (C=O) groups excluding carboxylic acids is 1. The first-order valence-corrected chi connectivity index (χ1v) is 9.57. The summed E-state index contributed by atoms with van der Waals surface area (Å²) in [6.07, 6.45) is 1.60. The molecule has 2 aromatic carbocycles. The van der Waals surface area contributed by atoms with E-state index < -0.39 is 0 Å². The third-order valence-electron chi connectivity index (χ3n) is 4.62. The van der Waals surface area contributed by atoms with E-state index in [0.717, 1.165) is 22.6 Å². The summed E-state index contributed by atoms with van der Waals surface area (Å²) in [5.74, 6) is 0.826. The van der Waals surface area contributed by atoms with Crippen LogP contribution in [0, 0.1) is 13.8 Å². The molecular formula is C21H17Cl2N3O3. The van der Waals surface area contributed by atoms with E-state index in [2.05, 4.69) is 10.5 Å². The van der Waals surface area contributed by atoms with Crippen molar-refractivity contribution < 1.29 is 14.3 Å². The molecule has 0 aliphatic carbocycles. The number of aromatic nitrogens is 1. The molecular weight excluding hydrogens is 413 g/mol. The molecule has 6 nitrogen and oxygen atoms in total. The Kier molecular flexibility index (Phi) is 5.22. The minimum Gasteiger partial charge on any atom is -0.454 e. The average Bonchev–Trinajstić information content (AvgIpc) is 3.27. The van der Waals surface area contributed by atoms with Gasteiger partial charge in [-0.15, -0.1) is 0 Å². The normalized spacial score (nSPS) is 12.6. The number of amides is 1. The first-order chi connectivity index (χ1) is 13.9. The molecule has 0 bridgehead atoms. The zero-order chi connectivity index (χ0) is 20.5. The smallest absolute Gasteiger partial charge is 0.271 e. The van der Waals surface area contributed by atoms with Crippen molar-refractivity contribution in [1.82, 2.24) is 9.99 Å². The van der Waals surface area contributed by atoms with Crippen LogP contribution in [0.1, 0.15) is 27.3 Å². The molecule has 0 saturated heterocycles. The van der Waals surface area contributed by atoms with E-state index in [1.54, 1.807) is 36.5 Å². The van der Waals surface area contributed by atoms with Crippen LogP contribution < -0.4 is 14.9 Å². The number of carbonyl (C=O) groups is 1. The van der Waals surface area contributed by atoms with Crippen molar-refractivity contribution in [1.29, 1.82) is 0 Å². The lowest BCUT2D eigenvalue weighted by Gasteiger charge is -2.12. The molecule has 8 heteroatoms. The maximum atomic E-state index is 12.3. The summed E-state index contributed by atoms with van der Waals surface area (Å²) in [5, 5.41) is 5.28. The van der Waals surface area contributed by atoms with Gasteiger partial charge in [-0.2, -0.15) is 5.10 Å². The summed E-state index contributed by atoms with van der Waals surface area (Å²) < 4.78 is 12.5. The molecule has 1 aliphatic rings. The van der Waals surface area contributed by atoms with Crippen LogP contribution in [-0.2, 0) is 0 Å². The second kappa shape index (κ2) is 7.81. The van der Waals surface area contributed by atoms with Crippen LogP contribution in [0.25, 0.3) is 5.69 Å². The van der Waals surface area contributed by atoms with Crippen molar-refractivity contribution in [3.63, 3.8) is 0 Å². The number of hydrogen-bond donors (Lipinski definition) is 1. The highest BCUT2D eigenvalue weighted by Crippen LogP contribution is 2.32. The summed E-state index contributed by atoms with van der Waals surface area (Å²) in [5.41, 5.74) is 6.50. The molecule has 1 aliphatic heterocycles. The summed E-state index contributed by atoms with van der Waals surface area (Å²) in [7, 11) is 0. The van der Waals surface area contributed by atoms with E-state index in [1.807, 2.05) is 30.5 Å². The van der Waals surface area contributed by atoms with E-state index in [1.165, 1.54) is 0 Å². The van der Waals surface area contributed by atoms with Gasteiger partial charge in [0.2, 0.25) is 6.79 Å². The average molecular weight is 430 g/mol. The Labute approximate surface area is 177 Å². The molecule has 0 radical (unpaired) electrons. The van der Waals surface area contributed by atoms with Crippen LogP contribution >= 0.6 is 23.2 Å². The van der Waals surface area contributed by atoms with Crippen LogP contribution in [0.15, 0.2) is 47.6 Å². The van der Waals surface area contributed by atoms with E-state index >= 15 is 0 Å². The van der Waals surface area contributed by atoms with Crippen LogP contribution in [-0.4, -0.2) is 23.5 Å². The van der Waals surface area contributed by atoms with Gasteiger partial charge < -0.3 is 14.0 Å². The van der Waals surface area contributed by atoms with Gasteiger partial charge in [0.15, 0.2) is 11.5 Å². The fourth-order valence-electron chi connectivity index (χ4n) is 3.21. The number of rotatable bonds is 4. The van der Waals surface area contributed by atoms with E-state index in [-0.39, 0.29) is 12.7 Å². The van der Waals surface area contributed by atoms with Crippen molar-refractivity contribution in [2.24, 2.45) is 5.10 Å². The number of benzene rings is 2. The van der Waals surface area contributed by atoms with Gasteiger partial charge in [-0.25, -0.2) is 5.43 Å². The lowest BCUT2D eigenvalue weighted by atomic mass is 10.2. The van der Waals surface area contributed by atoms with E-state index in [4.69, 9.17) is 32.7 Å². The Morgan fingerprint density at radius 3 is 2.72 bits per heavy atom. The van der Waals surface area contributed by atoms with Gasteiger partial charge in [0.05, 0.1) is 16.9 Å². The van der Waals surface area contributed by atoms with Crippen molar-refractivity contribution in [2.75, 3.05) is 6.79 Å². The molecule has 0 fully saturated rings. The van der Waals surface area contributed by atoms with Crippen molar-refractivity contribution >= 4 is 35.3 Å². The van der Waals surface area contributed by atoms with Gasteiger partial charge in [0, 0.05) is 27.5 Å². The van der Waals surface area contributed by atoms with Gasteiger partial charge in [-0.05, 0) is 56.3 Å².